The lowest BCUT2D eigenvalue weighted by atomic mass is 10.4. The molecular weight excluding hydrogens is 142 g/mol. The van der Waals surface area contributed by atoms with Gasteiger partial charge in [-0.15, -0.1) is 0 Å². The molecule has 1 N–H and O–H groups in total. The summed E-state index contributed by atoms with van der Waals surface area (Å²) >= 11 is 0. The van der Waals surface area contributed by atoms with E-state index in [2.05, 4.69) is 10.2 Å². The number of rotatable bonds is 2. The van der Waals surface area contributed by atoms with E-state index in [1.165, 1.54) is 4.57 Å². The Morgan fingerprint density at radius 1 is 1.73 bits per heavy atom. The molecule has 11 heavy (non-hydrogen) atoms. The molecule has 0 radical (unpaired) electrons. The van der Waals surface area contributed by atoms with Gasteiger partial charge in [0.05, 0.1) is 0 Å². The molecular formula is C7H11N3O. The molecule has 0 aliphatic heterocycles. The summed E-state index contributed by atoms with van der Waals surface area (Å²) in [6, 6.07) is 0. The number of aromatic amines is 1. The quantitative estimate of drug-likeness (QED) is 0.673. The first-order chi connectivity index (χ1) is 5.25. The number of aromatic nitrogens is 3. The molecule has 1 aromatic heterocycles. The molecule has 1 aromatic rings. The summed E-state index contributed by atoms with van der Waals surface area (Å²) in [5, 5.41) is 6.14. The van der Waals surface area contributed by atoms with Crippen LogP contribution in [-0.2, 0) is 7.05 Å². The lowest BCUT2D eigenvalue weighted by molar-refractivity contribution is 0.852. The third-order valence-electron chi connectivity index (χ3n) is 1.42. The number of allylic oxidation sites excluding steroid dienone is 1. The van der Waals surface area contributed by atoms with Gasteiger partial charge in [0.15, 0.2) is 5.82 Å². The molecule has 4 nitrogen and oxygen atoms in total. The average molecular weight is 153 g/mol. The Labute approximate surface area is 64.6 Å². The highest BCUT2D eigenvalue weighted by Crippen LogP contribution is 1.92. The first-order valence-corrected chi connectivity index (χ1v) is 3.53. The zero-order valence-electron chi connectivity index (χ0n) is 6.66. The van der Waals surface area contributed by atoms with Crippen LogP contribution < -0.4 is 5.69 Å². The van der Waals surface area contributed by atoms with Crippen LogP contribution in [0.25, 0.3) is 6.08 Å². The van der Waals surface area contributed by atoms with Crippen molar-refractivity contribution in [3.8, 4) is 0 Å². The van der Waals surface area contributed by atoms with Crippen molar-refractivity contribution in [1.29, 1.82) is 0 Å². The topological polar surface area (TPSA) is 50.7 Å². The van der Waals surface area contributed by atoms with E-state index in [9.17, 15) is 4.79 Å². The standard InChI is InChI=1S/C7H11N3O/c1-3-4-5-6-8-9-7(11)10(6)2/h4-5H,3H2,1-2H3,(H,9,11)/b5-4-. The number of nitrogens with one attached hydrogen (secondary N) is 1. The predicted octanol–water partition coefficient (Wildman–Crippen LogP) is 0.532. The third-order valence-corrected chi connectivity index (χ3v) is 1.42. The maximum Gasteiger partial charge on any atom is 0.343 e. The second-order valence-corrected chi connectivity index (χ2v) is 2.26. The first-order valence-electron chi connectivity index (χ1n) is 3.53. The highest BCUT2D eigenvalue weighted by atomic mass is 16.1. The van der Waals surface area contributed by atoms with Gasteiger partial charge in [-0.3, -0.25) is 4.57 Å². The number of nitrogens with zero attached hydrogens (tertiary/aromatic N) is 2. The lowest BCUT2D eigenvalue weighted by Crippen LogP contribution is -2.13. The summed E-state index contributed by atoms with van der Waals surface area (Å²) < 4.78 is 1.46. The molecule has 4 heteroatoms. The van der Waals surface area contributed by atoms with Gasteiger partial charge in [-0.25, -0.2) is 9.89 Å². The van der Waals surface area contributed by atoms with Gasteiger partial charge in [-0.05, 0) is 12.5 Å². The summed E-state index contributed by atoms with van der Waals surface area (Å²) in [5.74, 6) is 0.664. The van der Waals surface area contributed by atoms with Crippen molar-refractivity contribution in [1.82, 2.24) is 14.8 Å². The molecule has 0 spiro atoms. The molecule has 0 amide bonds. The van der Waals surface area contributed by atoms with Crippen LogP contribution >= 0.6 is 0 Å². The van der Waals surface area contributed by atoms with E-state index in [0.717, 1.165) is 6.42 Å². The van der Waals surface area contributed by atoms with E-state index in [4.69, 9.17) is 0 Å². The molecule has 60 valence electrons. The van der Waals surface area contributed by atoms with Crippen LogP contribution in [0, 0.1) is 0 Å². The van der Waals surface area contributed by atoms with Crippen LogP contribution in [0.4, 0.5) is 0 Å². The Kier molecular flexibility index (Phi) is 2.25. The van der Waals surface area contributed by atoms with Crippen LogP contribution in [0.3, 0.4) is 0 Å². The maximum absolute atomic E-state index is 10.8. The Bertz CT molecular complexity index is 308. The van der Waals surface area contributed by atoms with Crippen LogP contribution in [0.1, 0.15) is 19.2 Å². The van der Waals surface area contributed by atoms with Gasteiger partial charge < -0.3 is 0 Å². The zero-order valence-corrected chi connectivity index (χ0v) is 6.66. The van der Waals surface area contributed by atoms with Gasteiger partial charge in [0.2, 0.25) is 0 Å². The summed E-state index contributed by atoms with van der Waals surface area (Å²) in [5.41, 5.74) is -0.180. The molecule has 0 saturated carbocycles. The second-order valence-electron chi connectivity index (χ2n) is 2.26. The monoisotopic (exact) mass is 153 g/mol. The number of hydrogen-bond donors (Lipinski definition) is 1. The van der Waals surface area contributed by atoms with E-state index >= 15 is 0 Å². The molecule has 0 saturated heterocycles. The maximum atomic E-state index is 10.8. The van der Waals surface area contributed by atoms with Crippen molar-refractivity contribution in [2.24, 2.45) is 7.05 Å². The number of hydrogen-bond acceptors (Lipinski definition) is 2. The van der Waals surface area contributed by atoms with Gasteiger partial charge in [-0.1, -0.05) is 13.0 Å². The van der Waals surface area contributed by atoms with Crippen molar-refractivity contribution < 1.29 is 0 Å². The molecule has 0 fully saturated rings. The summed E-state index contributed by atoms with van der Waals surface area (Å²) in [4.78, 5) is 10.8. The molecule has 0 aromatic carbocycles. The Morgan fingerprint density at radius 2 is 2.45 bits per heavy atom. The molecule has 0 aliphatic carbocycles. The fourth-order valence-corrected chi connectivity index (χ4v) is 0.731. The van der Waals surface area contributed by atoms with E-state index < -0.39 is 0 Å². The van der Waals surface area contributed by atoms with Crippen LogP contribution in [0.2, 0.25) is 0 Å². The second kappa shape index (κ2) is 3.18. The van der Waals surface area contributed by atoms with Gasteiger partial charge >= 0.3 is 5.69 Å². The van der Waals surface area contributed by atoms with Crippen LogP contribution in [-0.4, -0.2) is 14.8 Å². The van der Waals surface area contributed by atoms with Crippen molar-refractivity contribution >= 4 is 6.08 Å². The number of H-pyrrole nitrogens is 1. The summed E-state index contributed by atoms with van der Waals surface area (Å²) in [6.07, 6.45) is 4.72. The van der Waals surface area contributed by atoms with Crippen molar-refractivity contribution in [2.45, 2.75) is 13.3 Å². The van der Waals surface area contributed by atoms with Gasteiger partial charge in [0.1, 0.15) is 0 Å². The van der Waals surface area contributed by atoms with E-state index in [0.29, 0.717) is 5.82 Å². The van der Waals surface area contributed by atoms with Gasteiger partial charge in [0, 0.05) is 7.05 Å². The fraction of sp³-hybridized carbons (Fsp3) is 0.429. The molecule has 0 bridgehead atoms. The predicted molar refractivity (Wildman–Crippen MR) is 43.2 cm³/mol. The minimum absolute atomic E-state index is 0.180. The van der Waals surface area contributed by atoms with E-state index in [1.54, 1.807) is 7.05 Å². The van der Waals surface area contributed by atoms with E-state index in [-0.39, 0.29) is 5.69 Å². The van der Waals surface area contributed by atoms with Crippen molar-refractivity contribution in [3.05, 3.63) is 22.4 Å². The fourth-order valence-electron chi connectivity index (χ4n) is 0.731. The van der Waals surface area contributed by atoms with E-state index in [1.807, 2.05) is 19.1 Å². The largest absolute Gasteiger partial charge is 0.343 e. The first kappa shape index (κ1) is 7.78. The molecule has 0 aliphatic rings. The highest BCUT2D eigenvalue weighted by molar-refractivity contribution is 5.38. The van der Waals surface area contributed by atoms with Crippen molar-refractivity contribution in [2.75, 3.05) is 0 Å². The lowest BCUT2D eigenvalue weighted by Gasteiger charge is -1.88. The molecule has 0 atom stereocenters. The molecule has 1 rings (SSSR count). The SMILES string of the molecule is CC/C=C\c1n[nH]c(=O)n1C. The zero-order chi connectivity index (χ0) is 8.27. The average Bonchev–Trinajstić information content (AvgIpc) is 2.31. The van der Waals surface area contributed by atoms with Gasteiger partial charge in [0.25, 0.3) is 0 Å². The van der Waals surface area contributed by atoms with Crippen molar-refractivity contribution in [3.63, 3.8) is 0 Å². The van der Waals surface area contributed by atoms with Gasteiger partial charge in [-0.2, -0.15) is 5.10 Å². The van der Waals surface area contributed by atoms with Crippen LogP contribution in [0.5, 0.6) is 0 Å². The van der Waals surface area contributed by atoms with Crippen LogP contribution in [0.15, 0.2) is 10.9 Å². The molecule has 1 heterocycles. The Morgan fingerprint density at radius 3 is 2.91 bits per heavy atom. The minimum Gasteiger partial charge on any atom is -0.279 e. The summed E-state index contributed by atoms with van der Waals surface area (Å²) in [6.45, 7) is 2.03. The Hall–Kier alpha value is -1.32. The summed E-state index contributed by atoms with van der Waals surface area (Å²) in [7, 11) is 1.68. The molecule has 0 unspecified atom stereocenters. The highest BCUT2D eigenvalue weighted by Gasteiger charge is 1.96. The third kappa shape index (κ3) is 1.58. The normalized spacial score (nSPS) is 11.1. The minimum atomic E-state index is -0.180. The Balaban J connectivity index is 2.96. The smallest absolute Gasteiger partial charge is 0.279 e.